The molecule has 0 N–H and O–H groups in total. The van der Waals surface area contributed by atoms with Gasteiger partial charge in [-0.15, -0.1) is 0 Å². The van der Waals surface area contributed by atoms with Gasteiger partial charge in [0.15, 0.2) is 5.15 Å². The lowest BCUT2D eigenvalue weighted by molar-refractivity contribution is -0.621. The largest absolute Gasteiger partial charge is 0.618 e. The molecule has 4 heteroatoms. The molecule has 1 rings (SSSR count). The minimum Gasteiger partial charge on any atom is -0.618 e. The van der Waals surface area contributed by atoms with Crippen molar-refractivity contribution < 1.29 is 4.73 Å². The second kappa shape index (κ2) is 4.79. The first-order valence-corrected chi connectivity index (χ1v) is 5.56. The second-order valence-electron chi connectivity index (χ2n) is 4.25. The van der Waals surface area contributed by atoms with E-state index in [2.05, 4.69) is 18.8 Å². The monoisotopic (exact) mass is 228 g/mol. The number of rotatable bonds is 3. The van der Waals surface area contributed by atoms with Gasteiger partial charge < -0.3 is 5.21 Å². The van der Waals surface area contributed by atoms with Gasteiger partial charge >= 0.3 is 0 Å². The van der Waals surface area contributed by atoms with Crippen molar-refractivity contribution in [3.63, 3.8) is 0 Å². The highest BCUT2D eigenvalue weighted by Gasteiger charge is 2.17. The molecule has 3 nitrogen and oxygen atoms in total. The summed E-state index contributed by atoms with van der Waals surface area (Å²) in [6, 6.07) is 0. The van der Waals surface area contributed by atoms with Crippen molar-refractivity contribution in [3.8, 4) is 0 Å². The number of halogens is 1. The normalized spacial score (nSPS) is 11.1. The molecule has 84 valence electrons. The molecule has 1 heterocycles. The summed E-state index contributed by atoms with van der Waals surface area (Å²) in [4.78, 5) is 4.16. The van der Waals surface area contributed by atoms with Crippen molar-refractivity contribution in [1.82, 2.24) is 4.98 Å². The van der Waals surface area contributed by atoms with E-state index < -0.39 is 0 Å². The molecule has 0 aliphatic carbocycles. The molecular weight excluding hydrogens is 212 g/mol. The Bertz CT molecular complexity index is 364. The van der Waals surface area contributed by atoms with E-state index in [0.29, 0.717) is 16.8 Å². The zero-order chi connectivity index (χ0) is 11.6. The highest BCUT2D eigenvalue weighted by atomic mass is 35.5. The first kappa shape index (κ1) is 12.2. The van der Waals surface area contributed by atoms with Crippen molar-refractivity contribution in [1.29, 1.82) is 0 Å². The third-order valence-corrected chi connectivity index (χ3v) is 2.85. The van der Waals surface area contributed by atoms with Crippen molar-refractivity contribution in [2.75, 3.05) is 0 Å². The molecule has 0 radical (unpaired) electrons. The Hall–Kier alpha value is -0.830. The van der Waals surface area contributed by atoms with Gasteiger partial charge in [-0.25, -0.2) is 4.98 Å². The van der Waals surface area contributed by atoms with Crippen LogP contribution in [0.5, 0.6) is 0 Å². The maximum Gasteiger partial charge on any atom is 0.227 e. The fraction of sp³-hybridized carbons (Fsp3) is 0.636. The molecule has 0 bridgehead atoms. The summed E-state index contributed by atoms with van der Waals surface area (Å²) in [6.07, 6.45) is 1.75. The van der Waals surface area contributed by atoms with E-state index in [1.807, 2.05) is 6.92 Å². The smallest absolute Gasteiger partial charge is 0.227 e. The predicted octanol–water partition coefficient (Wildman–Crippen LogP) is 2.57. The topological polar surface area (TPSA) is 39.8 Å². The van der Waals surface area contributed by atoms with E-state index in [1.165, 1.54) is 0 Å². The van der Waals surface area contributed by atoms with Gasteiger partial charge in [0.25, 0.3) is 0 Å². The Balaban J connectivity index is 3.02. The Morgan fingerprint density at radius 2 is 2.00 bits per heavy atom. The average Bonchev–Trinajstić information content (AvgIpc) is 2.14. The zero-order valence-electron chi connectivity index (χ0n) is 9.67. The number of hydrogen-bond donors (Lipinski definition) is 0. The maximum absolute atomic E-state index is 11.8. The van der Waals surface area contributed by atoms with E-state index in [1.54, 1.807) is 6.92 Å². The van der Waals surface area contributed by atoms with Crippen LogP contribution in [0.4, 0.5) is 0 Å². The predicted molar refractivity (Wildman–Crippen MR) is 60.8 cm³/mol. The van der Waals surface area contributed by atoms with Gasteiger partial charge in [0.05, 0.1) is 0 Å². The molecule has 0 atom stereocenters. The molecule has 0 spiro atoms. The quantitative estimate of drug-likeness (QED) is 0.589. The zero-order valence-corrected chi connectivity index (χ0v) is 10.4. The van der Waals surface area contributed by atoms with E-state index in [4.69, 9.17) is 11.6 Å². The maximum atomic E-state index is 11.8. The molecule has 0 aromatic carbocycles. The van der Waals surface area contributed by atoms with Crippen LogP contribution in [0.25, 0.3) is 0 Å². The van der Waals surface area contributed by atoms with Crippen molar-refractivity contribution in [3.05, 3.63) is 27.4 Å². The van der Waals surface area contributed by atoms with Crippen LogP contribution in [0.15, 0.2) is 0 Å². The standard InChI is InChI=1S/C11H17ClN2O/c1-7(2)5-6-10-8(3)13-11(12)9(4)14(10)15/h7H,5-6H2,1-4H3. The molecule has 0 amide bonds. The number of aromatic nitrogens is 2. The van der Waals surface area contributed by atoms with Crippen LogP contribution in [0.3, 0.4) is 0 Å². The Morgan fingerprint density at radius 1 is 1.40 bits per heavy atom. The summed E-state index contributed by atoms with van der Waals surface area (Å²) >= 11 is 5.82. The van der Waals surface area contributed by atoms with Crippen LogP contribution in [0.1, 0.15) is 37.4 Å². The highest BCUT2D eigenvalue weighted by molar-refractivity contribution is 6.29. The van der Waals surface area contributed by atoms with E-state index in [0.717, 1.165) is 29.0 Å². The summed E-state index contributed by atoms with van der Waals surface area (Å²) < 4.78 is 0.910. The molecule has 0 unspecified atom stereocenters. The average molecular weight is 229 g/mol. The van der Waals surface area contributed by atoms with Crippen molar-refractivity contribution >= 4 is 11.6 Å². The summed E-state index contributed by atoms with van der Waals surface area (Å²) in [7, 11) is 0. The van der Waals surface area contributed by atoms with Crippen LogP contribution in [-0.2, 0) is 6.42 Å². The van der Waals surface area contributed by atoms with Crippen LogP contribution < -0.4 is 4.73 Å². The molecule has 0 saturated heterocycles. The van der Waals surface area contributed by atoms with Gasteiger partial charge in [-0.1, -0.05) is 25.4 Å². The first-order valence-electron chi connectivity index (χ1n) is 5.18. The van der Waals surface area contributed by atoms with Gasteiger partial charge in [0, 0.05) is 13.3 Å². The third-order valence-electron chi connectivity index (χ3n) is 2.49. The molecule has 0 aliphatic heterocycles. The van der Waals surface area contributed by atoms with Gasteiger partial charge in [-0.2, -0.15) is 4.73 Å². The summed E-state index contributed by atoms with van der Waals surface area (Å²) in [5, 5.41) is 12.1. The lowest BCUT2D eigenvalue weighted by Crippen LogP contribution is -2.37. The SMILES string of the molecule is Cc1nc(Cl)c(C)[n+]([O-])c1CCC(C)C. The van der Waals surface area contributed by atoms with Crippen LogP contribution in [-0.4, -0.2) is 4.98 Å². The summed E-state index contributed by atoms with van der Waals surface area (Å²) in [5.74, 6) is 0.584. The third kappa shape index (κ3) is 2.81. The molecule has 0 fully saturated rings. The first-order chi connectivity index (χ1) is 6.93. The lowest BCUT2D eigenvalue weighted by Gasteiger charge is -2.11. The van der Waals surface area contributed by atoms with Crippen LogP contribution in [0.2, 0.25) is 5.15 Å². The van der Waals surface area contributed by atoms with Gasteiger partial charge in [0.2, 0.25) is 11.4 Å². The van der Waals surface area contributed by atoms with Crippen molar-refractivity contribution in [2.45, 2.75) is 40.5 Å². The van der Waals surface area contributed by atoms with E-state index in [9.17, 15) is 5.21 Å². The molecule has 0 aliphatic rings. The van der Waals surface area contributed by atoms with Crippen LogP contribution in [0, 0.1) is 25.0 Å². The Labute approximate surface area is 95.7 Å². The Morgan fingerprint density at radius 3 is 2.53 bits per heavy atom. The Kier molecular flexibility index (Phi) is 3.91. The minimum absolute atomic E-state index is 0.302. The van der Waals surface area contributed by atoms with E-state index >= 15 is 0 Å². The van der Waals surface area contributed by atoms with Gasteiger partial charge in [-0.05, 0) is 19.3 Å². The molecule has 0 saturated carbocycles. The number of hydrogen-bond acceptors (Lipinski definition) is 2. The second-order valence-corrected chi connectivity index (χ2v) is 4.61. The lowest BCUT2D eigenvalue weighted by atomic mass is 10.1. The van der Waals surface area contributed by atoms with Crippen molar-refractivity contribution in [2.24, 2.45) is 5.92 Å². The molecular formula is C11H17ClN2O. The van der Waals surface area contributed by atoms with Gasteiger partial charge in [-0.3, -0.25) is 0 Å². The summed E-state index contributed by atoms with van der Waals surface area (Å²) in [5.41, 5.74) is 1.97. The fourth-order valence-electron chi connectivity index (χ4n) is 1.43. The molecule has 1 aromatic rings. The number of nitrogens with zero attached hydrogens (tertiary/aromatic N) is 2. The van der Waals surface area contributed by atoms with E-state index in [-0.39, 0.29) is 0 Å². The molecule has 15 heavy (non-hydrogen) atoms. The van der Waals surface area contributed by atoms with Crippen LogP contribution >= 0.6 is 11.6 Å². The fourth-order valence-corrected chi connectivity index (χ4v) is 1.64. The minimum atomic E-state index is 0.302. The number of aryl methyl sites for hydroxylation is 1. The highest BCUT2D eigenvalue weighted by Crippen LogP contribution is 2.13. The van der Waals surface area contributed by atoms with Gasteiger partial charge in [0.1, 0.15) is 5.69 Å². The summed E-state index contributed by atoms with van der Waals surface area (Å²) in [6.45, 7) is 7.80. The molecule has 1 aromatic heterocycles.